The van der Waals surface area contributed by atoms with Gasteiger partial charge in [-0.15, -0.1) is 6.42 Å². The Morgan fingerprint density at radius 1 is 1.11 bits per heavy atom. The van der Waals surface area contributed by atoms with Crippen LogP contribution in [0.4, 0.5) is 18.9 Å². The number of benzene rings is 1. The van der Waals surface area contributed by atoms with Crippen LogP contribution in [0.25, 0.3) is 0 Å². The van der Waals surface area contributed by atoms with Gasteiger partial charge in [0.05, 0.1) is 5.56 Å². The molecule has 1 fully saturated rings. The molecule has 1 heterocycles. The smallest absolute Gasteiger partial charge is 0.371 e. The number of halogens is 3. The van der Waals surface area contributed by atoms with Gasteiger partial charge >= 0.3 is 6.18 Å². The van der Waals surface area contributed by atoms with Gasteiger partial charge in [-0.3, -0.25) is 0 Å². The first-order chi connectivity index (χ1) is 8.52. The highest BCUT2D eigenvalue weighted by Gasteiger charge is 2.35. The Labute approximate surface area is 105 Å². The van der Waals surface area contributed by atoms with Crippen molar-refractivity contribution in [3.8, 4) is 12.3 Å². The Morgan fingerprint density at radius 2 is 1.78 bits per heavy atom. The summed E-state index contributed by atoms with van der Waals surface area (Å²) in [7, 11) is 0. The van der Waals surface area contributed by atoms with Gasteiger partial charge in [0.2, 0.25) is 0 Å². The van der Waals surface area contributed by atoms with Gasteiger partial charge in [-0.05, 0) is 37.5 Å². The minimum Gasteiger partial charge on any atom is -0.371 e. The van der Waals surface area contributed by atoms with Gasteiger partial charge in [-0.1, -0.05) is 5.92 Å². The molecule has 0 radical (unpaired) electrons. The molecule has 96 valence electrons. The van der Waals surface area contributed by atoms with Crippen LogP contribution in [0.2, 0.25) is 0 Å². The molecular weight excluding hydrogens is 239 g/mol. The lowest BCUT2D eigenvalue weighted by atomic mass is 10.0. The van der Waals surface area contributed by atoms with Crippen LogP contribution in [0.5, 0.6) is 0 Å². The zero-order valence-corrected chi connectivity index (χ0v) is 9.93. The van der Waals surface area contributed by atoms with Crippen molar-refractivity contribution in [2.45, 2.75) is 25.4 Å². The number of terminal acetylenes is 1. The molecule has 0 spiro atoms. The molecule has 1 nitrogen and oxygen atoms in total. The third kappa shape index (κ3) is 2.61. The number of hydrogen-bond acceptors (Lipinski definition) is 1. The van der Waals surface area contributed by atoms with E-state index in [-0.39, 0.29) is 11.3 Å². The number of anilines is 1. The Morgan fingerprint density at radius 3 is 2.33 bits per heavy atom. The zero-order valence-electron chi connectivity index (χ0n) is 9.93. The molecule has 4 heteroatoms. The van der Waals surface area contributed by atoms with Crippen LogP contribution in [-0.2, 0) is 6.18 Å². The van der Waals surface area contributed by atoms with Gasteiger partial charge in [0.1, 0.15) is 0 Å². The molecule has 1 aromatic rings. The molecule has 1 aliphatic rings. The Balaban J connectivity index is 2.42. The van der Waals surface area contributed by atoms with Gasteiger partial charge < -0.3 is 4.90 Å². The molecule has 18 heavy (non-hydrogen) atoms. The minimum atomic E-state index is -4.36. The minimum absolute atomic E-state index is 0.251. The monoisotopic (exact) mass is 253 g/mol. The van der Waals surface area contributed by atoms with E-state index < -0.39 is 11.7 Å². The maximum absolute atomic E-state index is 13.0. The lowest BCUT2D eigenvalue weighted by Gasteiger charge is -2.31. The van der Waals surface area contributed by atoms with E-state index in [1.807, 2.05) is 0 Å². The Kier molecular flexibility index (Phi) is 3.51. The van der Waals surface area contributed by atoms with E-state index in [2.05, 4.69) is 5.92 Å². The molecule has 0 aromatic heterocycles. The SMILES string of the molecule is C#Cc1ccc(N2CCCCC2)c(C(F)(F)F)c1. The lowest BCUT2D eigenvalue weighted by Crippen LogP contribution is -2.31. The topological polar surface area (TPSA) is 3.24 Å². The van der Waals surface area contributed by atoms with Crippen LogP contribution in [-0.4, -0.2) is 13.1 Å². The van der Waals surface area contributed by atoms with E-state index in [9.17, 15) is 13.2 Å². The molecule has 2 rings (SSSR count). The fourth-order valence-electron chi connectivity index (χ4n) is 2.26. The molecule has 0 saturated carbocycles. The first-order valence-corrected chi connectivity index (χ1v) is 5.95. The number of hydrogen-bond donors (Lipinski definition) is 0. The van der Waals surface area contributed by atoms with Gasteiger partial charge in [0.15, 0.2) is 0 Å². The molecule has 0 unspecified atom stereocenters. The second kappa shape index (κ2) is 4.93. The van der Waals surface area contributed by atoms with Gasteiger partial charge in [-0.2, -0.15) is 13.2 Å². The van der Waals surface area contributed by atoms with Crippen molar-refractivity contribution in [2.24, 2.45) is 0 Å². The summed E-state index contributed by atoms with van der Waals surface area (Å²) in [6.45, 7) is 1.36. The van der Waals surface area contributed by atoms with Crippen molar-refractivity contribution in [1.82, 2.24) is 0 Å². The molecule has 0 amide bonds. The maximum atomic E-state index is 13.0. The highest BCUT2D eigenvalue weighted by atomic mass is 19.4. The molecule has 0 N–H and O–H groups in total. The summed E-state index contributed by atoms with van der Waals surface area (Å²) in [5, 5.41) is 0. The first-order valence-electron chi connectivity index (χ1n) is 5.95. The fourth-order valence-corrected chi connectivity index (χ4v) is 2.26. The van der Waals surface area contributed by atoms with E-state index >= 15 is 0 Å². The van der Waals surface area contributed by atoms with Crippen LogP contribution in [0.3, 0.4) is 0 Å². The van der Waals surface area contributed by atoms with Gasteiger partial charge in [0, 0.05) is 24.3 Å². The summed E-state index contributed by atoms with van der Waals surface area (Å²) < 4.78 is 39.1. The molecular formula is C14H14F3N. The average molecular weight is 253 g/mol. The van der Waals surface area contributed by atoms with Crippen molar-refractivity contribution >= 4 is 5.69 Å². The number of rotatable bonds is 1. The molecule has 1 aromatic carbocycles. The molecule has 1 aliphatic heterocycles. The van der Waals surface area contributed by atoms with Crippen LogP contribution < -0.4 is 4.90 Å². The van der Waals surface area contributed by atoms with Crippen LogP contribution in [0.1, 0.15) is 30.4 Å². The molecule has 0 bridgehead atoms. The molecule has 0 aliphatic carbocycles. The molecule has 1 saturated heterocycles. The predicted octanol–water partition coefficient (Wildman–Crippen LogP) is 3.68. The third-order valence-corrected chi connectivity index (χ3v) is 3.17. The van der Waals surface area contributed by atoms with E-state index in [0.717, 1.165) is 25.3 Å². The van der Waals surface area contributed by atoms with Crippen molar-refractivity contribution in [2.75, 3.05) is 18.0 Å². The second-order valence-corrected chi connectivity index (χ2v) is 4.42. The van der Waals surface area contributed by atoms with E-state index in [4.69, 9.17) is 6.42 Å². The maximum Gasteiger partial charge on any atom is 0.418 e. The van der Waals surface area contributed by atoms with Crippen molar-refractivity contribution in [3.05, 3.63) is 29.3 Å². The largest absolute Gasteiger partial charge is 0.418 e. The van der Waals surface area contributed by atoms with Crippen LogP contribution in [0.15, 0.2) is 18.2 Å². The summed E-state index contributed by atoms with van der Waals surface area (Å²) in [5.74, 6) is 2.25. The zero-order chi connectivity index (χ0) is 13.2. The standard InChI is InChI=1S/C14H14F3N/c1-2-11-6-7-13(12(10-11)14(15,16)17)18-8-4-3-5-9-18/h1,6-7,10H,3-5,8-9H2. The van der Waals surface area contributed by atoms with E-state index in [0.29, 0.717) is 13.1 Å². The van der Waals surface area contributed by atoms with E-state index in [1.54, 1.807) is 11.0 Å². The van der Waals surface area contributed by atoms with Crippen LogP contribution in [0, 0.1) is 12.3 Å². The summed E-state index contributed by atoms with van der Waals surface area (Å²) >= 11 is 0. The summed E-state index contributed by atoms with van der Waals surface area (Å²) in [5.41, 5.74) is -0.107. The number of nitrogens with zero attached hydrogens (tertiary/aromatic N) is 1. The van der Waals surface area contributed by atoms with Crippen LogP contribution >= 0.6 is 0 Å². The predicted molar refractivity (Wildman–Crippen MR) is 65.4 cm³/mol. The summed E-state index contributed by atoms with van der Waals surface area (Å²) in [4.78, 5) is 1.80. The van der Waals surface area contributed by atoms with Crippen molar-refractivity contribution < 1.29 is 13.2 Å². The highest BCUT2D eigenvalue weighted by Crippen LogP contribution is 2.38. The number of alkyl halides is 3. The summed E-state index contributed by atoms with van der Waals surface area (Å²) in [6, 6.07) is 4.12. The summed E-state index contributed by atoms with van der Waals surface area (Å²) in [6.07, 6.45) is 3.76. The van der Waals surface area contributed by atoms with Gasteiger partial charge in [0.25, 0.3) is 0 Å². The van der Waals surface area contributed by atoms with Crippen molar-refractivity contribution in [1.29, 1.82) is 0 Å². The van der Waals surface area contributed by atoms with Crippen molar-refractivity contribution in [3.63, 3.8) is 0 Å². The Bertz CT molecular complexity index is 465. The third-order valence-electron chi connectivity index (χ3n) is 3.17. The molecule has 0 atom stereocenters. The fraction of sp³-hybridized carbons (Fsp3) is 0.429. The second-order valence-electron chi connectivity index (χ2n) is 4.42. The Hall–Kier alpha value is -1.63. The quantitative estimate of drug-likeness (QED) is 0.690. The van der Waals surface area contributed by atoms with E-state index in [1.165, 1.54) is 6.07 Å². The highest BCUT2D eigenvalue weighted by molar-refractivity contribution is 5.58. The average Bonchev–Trinajstić information content (AvgIpc) is 2.38. The first kappa shape index (κ1) is 12.8. The number of piperidine rings is 1. The normalized spacial score (nSPS) is 16.4. The lowest BCUT2D eigenvalue weighted by molar-refractivity contribution is -0.137. The van der Waals surface area contributed by atoms with Gasteiger partial charge in [-0.25, -0.2) is 0 Å².